The predicted molar refractivity (Wildman–Crippen MR) is 94.7 cm³/mol. The highest BCUT2D eigenvalue weighted by Crippen LogP contribution is 2.32. The van der Waals surface area contributed by atoms with Crippen LogP contribution in [0, 0.1) is 5.82 Å². The molecular formula is C17H15BrFNO3S. The largest absolute Gasteiger partial charge is 0.454 e. The van der Waals surface area contributed by atoms with Crippen molar-refractivity contribution in [3.05, 3.63) is 57.8 Å². The molecule has 0 saturated carbocycles. The summed E-state index contributed by atoms with van der Waals surface area (Å²) in [4.78, 5) is 11.9. The molecule has 0 atom stereocenters. The van der Waals surface area contributed by atoms with E-state index in [4.69, 9.17) is 9.47 Å². The maximum Gasteiger partial charge on any atom is 0.231 e. The smallest absolute Gasteiger partial charge is 0.231 e. The van der Waals surface area contributed by atoms with Gasteiger partial charge in [-0.3, -0.25) is 4.79 Å². The van der Waals surface area contributed by atoms with Gasteiger partial charge < -0.3 is 14.8 Å². The molecule has 24 heavy (non-hydrogen) atoms. The van der Waals surface area contributed by atoms with Crippen molar-refractivity contribution in [2.24, 2.45) is 0 Å². The van der Waals surface area contributed by atoms with Crippen LogP contribution in [0.5, 0.6) is 11.5 Å². The lowest BCUT2D eigenvalue weighted by Gasteiger charge is -2.07. The average Bonchev–Trinajstić information content (AvgIpc) is 3.02. The highest BCUT2D eigenvalue weighted by atomic mass is 79.9. The molecule has 2 aromatic rings. The Balaban J connectivity index is 1.43. The molecule has 0 aliphatic carbocycles. The highest BCUT2D eigenvalue weighted by Gasteiger charge is 2.13. The molecule has 0 unspecified atom stereocenters. The van der Waals surface area contributed by atoms with Crippen LogP contribution in [0.1, 0.15) is 11.1 Å². The Kier molecular flexibility index (Phi) is 5.63. The Hall–Kier alpha value is -1.73. The van der Waals surface area contributed by atoms with E-state index in [-0.39, 0.29) is 24.3 Å². The van der Waals surface area contributed by atoms with E-state index in [1.165, 1.54) is 17.8 Å². The summed E-state index contributed by atoms with van der Waals surface area (Å²) in [6.07, 6.45) is 0. The fourth-order valence-electron chi connectivity index (χ4n) is 2.20. The van der Waals surface area contributed by atoms with Crippen LogP contribution in [0.4, 0.5) is 4.39 Å². The van der Waals surface area contributed by atoms with Gasteiger partial charge in [0.2, 0.25) is 12.7 Å². The fraction of sp³-hybridized carbons (Fsp3) is 0.235. The second-order valence-corrected chi connectivity index (χ2v) is 7.09. The maximum atomic E-state index is 13.7. The highest BCUT2D eigenvalue weighted by molar-refractivity contribution is 9.10. The number of hydrogen-bond acceptors (Lipinski definition) is 4. The molecule has 0 saturated heterocycles. The van der Waals surface area contributed by atoms with Gasteiger partial charge in [-0.15, -0.1) is 11.8 Å². The number of nitrogens with one attached hydrogen (secondary N) is 1. The van der Waals surface area contributed by atoms with E-state index >= 15 is 0 Å². The van der Waals surface area contributed by atoms with E-state index in [9.17, 15) is 9.18 Å². The summed E-state index contributed by atoms with van der Waals surface area (Å²) in [6.45, 7) is 0.650. The Morgan fingerprint density at radius 3 is 2.88 bits per heavy atom. The van der Waals surface area contributed by atoms with Crippen LogP contribution in [0.2, 0.25) is 0 Å². The van der Waals surface area contributed by atoms with Crippen molar-refractivity contribution in [2.75, 3.05) is 12.5 Å². The molecule has 0 aromatic heterocycles. The second-order valence-electron chi connectivity index (χ2n) is 5.19. The van der Waals surface area contributed by atoms with Gasteiger partial charge in [-0.1, -0.05) is 28.1 Å². The summed E-state index contributed by atoms with van der Waals surface area (Å²) in [5, 5.41) is 2.84. The van der Waals surface area contributed by atoms with Gasteiger partial charge in [0.15, 0.2) is 11.5 Å². The monoisotopic (exact) mass is 411 g/mol. The van der Waals surface area contributed by atoms with Gasteiger partial charge in [0, 0.05) is 16.8 Å². The predicted octanol–water partition coefficient (Wildman–Crippen LogP) is 3.87. The van der Waals surface area contributed by atoms with Crippen molar-refractivity contribution in [2.45, 2.75) is 12.3 Å². The van der Waals surface area contributed by atoms with Crippen LogP contribution in [0.3, 0.4) is 0 Å². The molecule has 1 aliphatic heterocycles. The number of fused-ring (bicyclic) bond motifs is 1. The fourth-order valence-corrected chi connectivity index (χ4v) is 3.37. The van der Waals surface area contributed by atoms with Crippen LogP contribution in [0.25, 0.3) is 0 Å². The summed E-state index contributed by atoms with van der Waals surface area (Å²) in [5.41, 5.74) is 1.53. The topological polar surface area (TPSA) is 47.6 Å². The summed E-state index contributed by atoms with van der Waals surface area (Å²) in [6, 6.07) is 10.5. The second kappa shape index (κ2) is 7.90. The lowest BCUT2D eigenvalue weighted by molar-refractivity contribution is -0.118. The van der Waals surface area contributed by atoms with Gasteiger partial charge in [0.05, 0.1) is 5.75 Å². The first-order chi connectivity index (χ1) is 11.6. The molecule has 0 fully saturated rings. The van der Waals surface area contributed by atoms with Gasteiger partial charge in [-0.2, -0.15) is 0 Å². The van der Waals surface area contributed by atoms with Crippen LogP contribution < -0.4 is 14.8 Å². The van der Waals surface area contributed by atoms with E-state index in [2.05, 4.69) is 21.2 Å². The Bertz CT molecular complexity index is 757. The number of carbonyl (C=O) groups is 1. The van der Waals surface area contributed by atoms with Crippen LogP contribution in [-0.4, -0.2) is 18.5 Å². The molecule has 1 amide bonds. The number of hydrogen-bond donors (Lipinski definition) is 1. The van der Waals surface area contributed by atoms with Gasteiger partial charge in [-0.05, 0) is 35.4 Å². The van der Waals surface area contributed by atoms with Crippen LogP contribution in [-0.2, 0) is 17.1 Å². The van der Waals surface area contributed by atoms with E-state index in [1.54, 1.807) is 12.1 Å². The molecule has 3 rings (SSSR count). The average molecular weight is 412 g/mol. The van der Waals surface area contributed by atoms with E-state index < -0.39 is 0 Å². The maximum absolute atomic E-state index is 13.7. The van der Waals surface area contributed by atoms with Crippen molar-refractivity contribution in [1.29, 1.82) is 0 Å². The molecule has 1 aliphatic rings. The molecule has 126 valence electrons. The summed E-state index contributed by atoms with van der Waals surface area (Å²) in [5.74, 6) is 1.79. The van der Waals surface area contributed by atoms with Crippen molar-refractivity contribution < 1.29 is 18.7 Å². The molecule has 4 nitrogen and oxygen atoms in total. The number of thioether (sulfide) groups is 1. The minimum Gasteiger partial charge on any atom is -0.454 e. The Morgan fingerprint density at radius 2 is 2.04 bits per heavy atom. The standard InChI is InChI=1S/C17H15BrFNO3S/c18-13-3-2-12(14(19)6-13)8-24-9-17(21)20-7-11-1-4-15-16(5-11)23-10-22-15/h1-6H,7-10H2,(H,20,21). The van der Waals surface area contributed by atoms with E-state index in [0.717, 1.165) is 11.3 Å². The molecule has 1 heterocycles. The van der Waals surface area contributed by atoms with Gasteiger partial charge >= 0.3 is 0 Å². The molecule has 1 N–H and O–H groups in total. The SMILES string of the molecule is O=C(CSCc1ccc(Br)cc1F)NCc1ccc2c(c1)OCO2. The Labute approximate surface area is 151 Å². The molecule has 7 heteroatoms. The minimum atomic E-state index is -0.266. The first-order valence-corrected chi connectivity index (χ1v) is 9.23. The molecule has 0 bridgehead atoms. The van der Waals surface area contributed by atoms with Gasteiger partial charge in [0.1, 0.15) is 5.82 Å². The molecule has 0 spiro atoms. The molecule has 2 aromatic carbocycles. The number of rotatable bonds is 6. The third-order valence-corrected chi connectivity index (χ3v) is 4.91. The zero-order valence-electron chi connectivity index (χ0n) is 12.7. The van der Waals surface area contributed by atoms with Crippen molar-refractivity contribution in [3.63, 3.8) is 0 Å². The zero-order chi connectivity index (χ0) is 16.9. The zero-order valence-corrected chi connectivity index (χ0v) is 15.1. The van der Waals surface area contributed by atoms with Gasteiger partial charge in [-0.25, -0.2) is 4.39 Å². The number of benzene rings is 2. The number of halogens is 2. The number of amides is 1. The third-order valence-electron chi connectivity index (χ3n) is 3.43. The van der Waals surface area contributed by atoms with Gasteiger partial charge in [0.25, 0.3) is 0 Å². The summed E-state index contributed by atoms with van der Waals surface area (Å²) < 4.78 is 24.9. The first kappa shape index (κ1) is 17.1. The van der Waals surface area contributed by atoms with Crippen molar-refractivity contribution in [3.8, 4) is 11.5 Å². The van der Waals surface area contributed by atoms with Crippen LogP contribution >= 0.6 is 27.7 Å². The minimum absolute atomic E-state index is 0.0878. The van der Waals surface area contributed by atoms with Crippen molar-refractivity contribution >= 4 is 33.6 Å². The van der Waals surface area contributed by atoms with Crippen molar-refractivity contribution in [1.82, 2.24) is 5.32 Å². The third kappa shape index (κ3) is 4.42. The normalized spacial score (nSPS) is 12.2. The molecular weight excluding hydrogens is 397 g/mol. The Morgan fingerprint density at radius 1 is 1.21 bits per heavy atom. The number of carbonyl (C=O) groups excluding carboxylic acids is 1. The quantitative estimate of drug-likeness (QED) is 0.783. The summed E-state index contributed by atoms with van der Waals surface area (Å²) >= 11 is 4.60. The lowest BCUT2D eigenvalue weighted by Crippen LogP contribution is -2.24. The number of ether oxygens (including phenoxy) is 2. The summed E-state index contributed by atoms with van der Waals surface area (Å²) in [7, 11) is 0. The first-order valence-electron chi connectivity index (χ1n) is 7.29. The van der Waals surface area contributed by atoms with Crippen LogP contribution in [0.15, 0.2) is 40.9 Å². The van der Waals surface area contributed by atoms with E-state index in [0.29, 0.717) is 28.1 Å². The van der Waals surface area contributed by atoms with E-state index in [1.807, 2.05) is 18.2 Å². The molecule has 0 radical (unpaired) electrons. The lowest BCUT2D eigenvalue weighted by atomic mass is 10.2.